The average Bonchev–Trinajstić information content (AvgIpc) is 2.95. The van der Waals surface area contributed by atoms with E-state index in [0.29, 0.717) is 12.1 Å². The van der Waals surface area contributed by atoms with Gasteiger partial charge in [-0.25, -0.2) is 0 Å². The molecule has 0 aliphatic carbocycles. The lowest BCUT2D eigenvalue weighted by atomic mass is 10.0. The van der Waals surface area contributed by atoms with Crippen LogP contribution in [0, 0.1) is 0 Å². The van der Waals surface area contributed by atoms with E-state index in [2.05, 4.69) is 64.3 Å². The van der Waals surface area contributed by atoms with Crippen molar-refractivity contribution in [1.29, 1.82) is 0 Å². The van der Waals surface area contributed by atoms with Gasteiger partial charge in [-0.15, -0.1) is 12.4 Å². The van der Waals surface area contributed by atoms with Crippen LogP contribution in [0.1, 0.15) is 69.3 Å². The number of hydrogen-bond acceptors (Lipinski definition) is 7. The minimum atomic E-state index is 0. The van der Waals surface area contributed by atoms with Gasteiger partial charge in [-0.2, -0.15) is 0 Å². The number of ether oxygens (including phenoxy) is 1. The van der Waals surface area contributed by atoms with Crippen LogP contribution in [0.3, 0.4) is 0 Å². The Kier molecular flexibility index (Phi) is 12.6. The molecule has 0 unspecified atom stereocenters. The van der Waals surface area contributed by atoms with E-state index in [0.717, 1.165) is 97.1 Å². The highest BCUT2D eigenvalue weighted by atomic mass is 35.5. The molecule has 216 valence electrons. The van der Waals surface area contributed by atoms with Crippen molar-refractivity contribution in [3.8, 4) is 0 Å². The van der Waals surface area contributed by atoms with Crippen molar-refractivity contribution < 1.29 is 9.53 Å². The van der Waals surface area contributed by atoms with Crippen LogP contribution in [0.2, 0.25) is 0 Å². The van der Waals surface area contributed by atoms with E-state index in [1.807, 2.05) is 0 Å². The van der Waals surface area contributed by atoms with Crippen molar-refractivity contribution in [2.45, 2.75) is 72.0 Å². The van der Waals surface area contributed by atoms with Crippen LogP contribution < -0.4 is 9.80 Å². The van der Waals surface area contributed by atoms with Crippen LogP contribution in [0.15, 0.2) is 12.1 Å². The van der Waals surface area contributed by atoms with Crippen LogP contribution in [0.25, 0.3) is 0 Å². The quantitative estimate of drug-likeness (QED) is 0.380. The standard InChI is InChI=1S/C30H51N5O2.ClH/c1-5-27(6-2)32-11-15-34(16-12-32)29-25(23-31-19-21-37-22-20-31)9-10-26(24-36)30(29)35-17-13-33(14-18-35)28(7-3)8-4;/h9-10,24,27-28H,5-8,11-23H2,1-4H3;1H. The van der Waals surface area contributed by atoms with Crippen LogP contribution in [-0.2, 0) is 11.3 Å². The highest BCUT2D eigenvalue weighted by molar-refractivity contribution is 5.93. The molecule has 1 aromatic carbocycles. The lowest BCUT2D eigenvalue weighted by Crippen LogP contribution is -2.52. The molecule has 0 amide bonds. The fourth-order valence-corrected chi connectivity index (χ4v) is 6.78. The summed E-state index contributed by atoms with van der Waals surface area (Å²) in [5.41, 5.74) is 4.71. The number of benzene rings is 1. The van der Waals surface area contributed by atoms with Crippen molar-refractivity contribution in [2.75, 3.05) is 88.5 Å². The zero-order valence-corrected chi connectivity index (χ0v) is 25.2. The van der Waals surface area contributed by atoms with Gasteiger partial charge < -0.3 is 14.5 Å². The molecule has 1 aromatic rings. The Bertz CT molecular complexity index is 841. The number of anilines is 2. The molecule has 3 fully saturated rings. The molecule has 3 aliphatic heterocycles. The van der Waals surface area contributed by atoms with E-state index in [9.17, 15) is 4.79 Å². The number of aldehydes is 1. The third-order valence-electron chi connectivity index (χ3n) is 9.07. The fraction of sp³-hybridized carbons (Fsp3) is 0.767. The Hall–Kier alpha value is -1.38. The summed E-state index contributed by atoms with van der Waals surface area (Å²) in [6.07, 6.45) is 5.93. The SMILES string of the molecule is CCC(CC)N1CCN(c2c(C=O)ccc(CN3CCOCC3)c2N2CCN(C(CC)CC)CC2)CC1.Cl. The van der Waals surface area contributed by atoms with Crippen molar-refractivity contribution >= 4 is 30.1 Å². The van der Waals surface area contributed by atoms with E-state index in [1.165, 1.54) is 42.6 Å². The van der Waals surface area contributed by atoms with E-state index in [4.69, 9.17) is 4.74 Å². The number of piperazine rings is 2. The first-order chi connectivity index (χ1) is 18.1. The summed E-state index contributed by atoms with van der Waals surface area (Å²) in [6.45, 7) is 22.1. The van der Waals surface area contributed by atoms with Crippen molar-refractivity contribution in [3.63, 3.8) is 0 Å². The Morgan fingerprint density at radius 2 is 1.18 bits per heavy atom. The number of morpholine rings is 1. The van der Waals surface area contributed by atoms with Gasteiger partial charge in [0.25, 0.3) is 0 Å². The number of carbonyl (C=O) groups is 1. The van der Waals surface area contributed by atoms with Gasteiger partial charge in [-0.05, 0) is 37.3 Å². The molecule has 38 heavy (non-hydrogen) atoms. The van der Waals surface area contributed by atoms with Crippen molar-refractivity contribution in [2.24, 2.45) is 0 Å². The maximum atomic E-state index is 12.4. The van der Waals surface area contributed by atoms with E-state index in [-0.39, 0.29) is 12.4 Å². The van der Waals surface area contributed by atoms with Crippen LogP contribution in [-0.4, -0.2) is 112 Å². The molecule has 0 bridgehead atoms. The minimum Gasteiger partial charge on any atom is -0.379 e. The first kappa shape index (κ1) is 31.2. The van der Waals surface area contributed by atoms with Gasteiger partial charge in [0.1, 0.15) is 0 Å². The van der Waals surface area contributed by atoms with E-state index < -0.39 is 0 Å². The predicted molar refractivity (Wildman–Crippen MR) is 161 cm³/mol. The largest absolute Gasteiger partial charge is 0.379 e. The molecule has 4 rings (SSSR count). The third kappa shape index (κ3) is 7.22. The number of hydrogen-bond donors (Lipinski definition) is 0. The van der Waals surface area contributed by atoms with E-state index >= 15 is 0 Å². The maximum Gasteiger partial charge on any atom is 0.152 e. The number of nitrogens with zero attached hydrogens (tertiary/aromatic N) is 5. The first-order valence-corrected chi connectivity index (χ1v) is 15.0. The zero-order valence-electron chi connectivity index (χ0n) is 24.4. The van der Waals surface area contributed by atoms with Gasteiger partial charge in [-0.3, -0.25) is 19.5 Å². The molecular formula is C30H52ClN5O2. The van der Waals surface area contributed by atoms with Crippen LogP contribution in [0.4, 0.5) is 11.4 Å². The summed E-state index contributed by atoms with van der Waals surface area (Å²) >= 11 is 0. The van der Waals surface area contributed by atoms with Crippen LogP contribution >= 0.6 is 12.4 Å². The molecule has 3 aliphatic rings. The third-order valence-corrected chi connectivity index (χ3v) is 9.07. The van der Waals surface area contributed by atoms with Gasteiger partial charge in [-0.1, -0.05) is 33.8 Å². The average molecular weight is 550 g/mol. The lowest BCUT2D eigenvalue weighted by Gasteiger charge is -2.45. The summed E-state index contributed by atoms with van der Waals surface area (Å²) in [7, 11) is 0. The summed E-state index contributed by atoms with van der Waals surface area (Å²) in [5, 5.41) is 0. The first-order valence-electron chi connectivity index (χ1n) is 15.0. The maximum absolute atomic E-state index is 12.4. The molecule has 0 spiro atoms. The summed E-state index contributed by atoms with van der Waals surface area (Å²) in [6, 6.07) is 5.65. The minimum absolute atomic E-state index is 0. The molecule has 0 N–H and O–H groups in total. The Morgan fingerprint density at radius 3 is 1.63 bits per heavy atom. The number of halogens is 1. The van der Waals surface area contributed by atoms with Gasteiger partial charge in [0.15, 0.2) is 6.29 Å². The highest BCUT2D eigenvalue weighted by Crippen LogP contribution is 2.38. The van der Waals surface area contributed by atoms with Gasteiger partial charge >= 0.3 is 0 Å². The second kappa shape index (κ2) is 15.4. The Balaban J connectivity index is 0.00000400. The second-order valence-electron chi connectivity index (χ2n) is 11.0. The van der Waals surface area contributed by atoms with Gasteiger partial charge in [0.05, 0.1) is 24.6 Å². The summed E-state index contributed by atoms with van der Waals surface area (Å²) < 4.78 is 5.63. The number of carbonyl (C=O) groups excluding carboxylic acids is 1. The number of rotatable bonds is 11. The topological polar surface area (TPSA) is 42.5 Å². The zero-order chi connectivity index (χ0) is 26.2. The summed E-state index contributed by atoms with van der Waals surface area (Å²) in [5.74, 6) is 0. The molecule has 0 radical (unpaired) electrons. The molecular weight excluding hydrogens is 498 g/mol. The normalized spacial score (nSPS) is 20.3. The predicted octanol–water partition coefficient (Wildman–Crippen LogP) is 4.37. The molecule has 0 saturated carbocycles. The van der Waals surface area contributed by atoms with Gasteiger partial charge in [0.2, 0.25) is 0 Å². The second-order valence-corrected chi connectivity index (χ2v) is 11.0. The highest BCUT2D eigenvalue weighted by Gasteiger charge is 2.30. The molecule has 7 nitrogen and oxygen atoms in total. The molecule has 3 saturated heterocycles. The molecule has 8 heteroatoms. The smallest absolute Gasteiger partial charge is 0.152 e. The molecule has 0 aromatic heterocycles. The monoisotopic (exact) mass is 549 g/mol. The molecule has 0 atom stereocenters. The Labute approximate surface area is 237 Å². The molecule has 3 heterocycles. The van der Waals surface area contributed by atoms with Crippen molar-refractivity contribution in [3.05, 3.63) is 23.3 Å². The lowest BCUT2D eigenvalue weighted by molar-refractivity contribution is 0.0342. The Morgan fingerprint density at radius 1 is 0.711 bits per heavy atom. The van der Waals surface area contributed by atoms with E-state index in [1.54, 1.807) is 0 Å². The van der Waals surface area contributed by atoms with Crippen LogP contribution in [0.5, 0.6) is 0 Å². The summed E-state index contributed by atoms with van der Waals surface area (Å²) in [4.78, 5) is 25.4. The fourth-order valence-electron chi connectivity index (χ4n) is 6.78. The van der Waals surface area contributed by atoms with Crippen molar-refractivity contribution in [1.82, 2.24) is 14.7 Å². The van der Waals surface area contributed by atoms with Gasteiger partial charge in [0, 0.05) is 89.6 Å².